The Balaban J connectivity index is 2.21. The first-order valence-electron chi connectivity index (χ1n) is 7.59. The van der Waals surface area contributed by atoms with Crippen molar-refractivity contribution in [3.63, 3.8) is 0 Å². The summed E-state index contributed by atoms with van der Waals surface area (Å²) < 4.78 is 13.7. The molecule has 0 aromatic heterocycles. The van der Waals surface area contributed by atoms with Gasteiger partial charge in [0.05, 0.1) is 0 Å². The predicted molar refractivity (Wildman–Crippen MR) is 89.6 cm³/mol. The van der Waals surface area contributed by atoms with Gasteiger partial charge in [0.1, 0.15) is 11.2 Å². The van der Waals surface area contributed by atoms with E-state index in [1.54, 1.807) is 51.1 Å². The normalized spacial score (nSPS) is 13.2. The molecule has 0 aliphatic carbocycles. The van der Waals surface area contributed by atoms with E-state index < -0.39 is 17.3 Å². The van der Waals surface area contributed by atoms with Crippen LogP contribution in [0.15, 0.2) is 42.5 Å². The van der Waals surface area contributed by atoms with E-state index in [1.807, 2.05) is 0 Å². The number of rotatable bonds is 5. The van der Waals surface area contributed by atoms with Gasteiger partial charge < -0.3 is 10.4 Å². The second kappa shape index (κ2) is 6.83. The highest BCUT2D eigenvalue weighted by atomic mass is 19.1. The first kappa shape index (κ1) is 17.7. The molecule has 0 aliphatic heterocycles. The van der Waals surface area contributed by atoms with Crippen LogP contribution in [0, 0.1) is 19.7 Å². The lowest BCUT2D eigenvalue weighted by Gasteiger charge is -2.25. The van der Waals surface area contributed by atoms with Crippen molar-refractivity contribution in [1.82, 2.24) is 5.32 Å². The van der Waals surface area contributed by atoms with Gasteiger partial charge in [0, 0.05) is 12.1 Å². The minimum absolute atomic E-state index is 0.0688. The highest BCUT2D eigenvalue weighted by molar-refractivity contribution is 5.95. The topological polar surface area (TPSA) is 66.4 Å². The van der Waals surface area contributed by atoms with Crippen LogP contribution in [0.5, 0.6) is 0 Å². The molecule has 1 atom stereocenters. The number of aryl methyl sites for hydroxylation is 2. The summed E-state index contributed by atoms with van der Waals surface area (Å²) >= 11 is 0. The van der Waals surface area contributed by atoms with Crippen molar-refractivity contribution < 1.29 is 19.1 Å². The standard InChI is InChI=1S/C19H20FNO3/c1-12-9-14(10-13(2)16(12)20)17(22)21-11-19(3,18(23)24)15-7-5-4-6-8-15/h4-10H,11H2,1-3H3,(H,21,22)(H,23,24). The maximum Gasteiger partial charge on any atom is 0.315 e. The highest BCUT2D eigenvalue weighted by Gasteiger charge is 2.35. The number of halogens is 1. The third-order valence-electron chi connectivity index (χ3n) is 4.18. The molecule has 0 fully saturated rings. The average molecular weight is 329 g/mol. The maximum absolute atomic E-state index is 13.7. The van der Waals surface area contributed by atoms with Crippen molar-refractivity contribution in [3.05, 3.63) is 70.5 Å². The number of hydrogen-bond acceptors (Lipinski definition) is 2. The Morgan fingerprint density at radius 1 is 1.12 bits per heavy atom. The van der Waals surface area contributed by atoms with Gasteiger partial charge >= 0.3 is 5.97 Å². The Morgan fingerprint density at radius 2 is 1.67 bits per heavy atom. The van der Waals surface area contributed by atoms with Crippen LogP contribution >= 0.6 is 0 Å². The quantitative estimate of drug-likeness (QED) is 0.885. The lowest BCUT2D eigenvalue weighted by atomic mass is 9.82. The minimum Gasteiger partial charge on any atom is -0.481 e. The third kappa shape index (κ3) is 3.45. The number of carboxylic acids is 1. The molecule has 0 bridgehead atoms. The molecule has 5 heteroatoms. The van der Waals surface area contributed by atoms with Crippen LogP contribution in [0.25, 0.3) is 0 Å². The largest absolute Gasteiger partial charge is 0.481 e. The number of amides is 1. The molecule has 1 unspecified atom stereocenters. The molecule has 0 heterocycles. The number of aliphatic carboxylic acids is 1. The van der Waals surface area contributed by atoms with Crippen molar-refractivity contribution in [2.45, 2.75) is 26.2 Å². The Kier molecular flexibility index (Phi) is 5.02. The molecule has 2 rings (SSSR count). The Hall–Kier alpha value is -2.69. The van der Waals surface area contributed by atoms with E-state index in [0.717, 1.165) is 0 Å². The van der Waals surface area contributed by atoms with Crippen LogP contribution in [0.4, 0.5) is 4.39 Å². The lowest BCUT2D eigenvalue weighted by Crippen LogP contribution is -2.44. The number of carboxylic acid groups (broad SMARTS) is 1. The van der Waals surface area contributed by atoms with Crippen molar-refractivity contribution in [1.29, 1.82) is 0 Å². The highest BCUT2D eigenvalue weighted by Crippen LogP contribution is 2.23. The van der Waals surface area contributed by atoms with E-state index in [4.69, 9.17) is 0 Å². The molecule has 2 aromatic rings. The van der Waals surface area contributed by atoms with Gasteiger partial charge in [-0.05, 0) is 49.6 Å². The molecule has 0 saturated heterocycles. The van der Waals surface area contributed by atoms with Gasteiger partial charge in [0.2, 0.25) is 0 Å². The zero-order valence-electron chi connectivity index (χ0n) is 13.9. The molecule has 0 aliphatic rings. The SMILES string of the molecule is Cc1cc(C(=O)NCC(C)(C(=O)O)c2ccccc2)cc(C)c1F. The van der Waals surface area contributed by atoms with Gasteiger partial charge in [0.15, 0.2) is 0 Å². The summed E-state index contributed by atoms with van der Waals surface area (Å²) in [5.41, 5.74) is 0.422. The second-order valence-electron chi connectivity index (χ2n) is 6.11. The molecule has 24 heavy (non-hydrogen) atoms. The van der Waals surface area contributed by atoms with Crippen LogP contribution in [0.2, 0.25) is 0 Å². The van der Waals surface area contributed by atoms with E-state index in [9.17, 15) is 19.1 Å². The van der Waals surface area contributed by atoms with Gasteiger partial charge in [-0.25, -0.2) is 4.39 Å². The summed E-state index contributed by atoms with van der Waals surface area (Å²) in [4.78, 5) is 24.1. The number of nitrogens with one attached hydrogen (secondary N) is 1. The fraction of sp³-hybridized carbons (Fsp3) is 0.263. The number of carbonyl (C=O) groups excluding carboxylic acids is 1. The van der Waals surface area contributed by atoms with E-state index >= 15 is 0 Å². The molecule has 126 valence electrons. The third-order valence-corrected chi connectivity index (χ3v) is 4.18. The summed E-state index contributed by atoms with van der Waals surface area (Å²) in [7, 11) is 0. The zero-order valence-corrected chi connectivity index (χ0v) is 13.9. The van der Waals surface area contributed by atoms with Crippen molar-refractivity contribution in [2.75, 3.05) is 6.54 Å². The fourth-order valence-corrected chi connectivity index (χ4v) is 2.54. The van der Waals surface area contributed by atoms with E-state index in [1.165, 1.54) is 12.1 Å². The van der Waals surface area contributed by atoms with E-state index in [-0.39, 0.29) is 12.4 Å². The molecular weight excluding hydrogens is 309 g/mol. The molecule has 0 radical (unpaired) electrons. The van der Waals surface area contributed by atoms with Gasteiger partial charge in [-0.15, -0.1) is 0 Å². The maximum atomic E-state index is 13.7. The van der Waals surface area contributed by atoms with Gasteiger partial charge in [-0.2, -0.15) is 0 Å². The van der Waals surface area contributed by atoms with E-state index in [0.29, 0.717) is 22.3 Å². The summed E-state index contributed by atoms with van der Waals surface area (Å²) in [6.45, 7) is 4.67. The van der Waals surface area contributed by atoms with Crippen LogP contribution in [-0.2, 0) is 10.2 Å². The zero-order chi connectivity index (χ0) is 17.9. The van der Waals surface area contributed by atoms with Gasteiger partial charge in [0.25, 0.3) is 5.91 Å². The summed E-state index contributed by atoms with van der Waals surface area (Å²) in [5, 5.41) is 12.2. The van der Waals surface area contributed by atoms with Crippen molar-refractivity contribution in [2.24, 2.45) is 0 Å². The molecule has 1 amide bonds. The number of benzene rings is 2. The molecule has 2 N–H and O–H groups in total. The summed E-state index contributed by atoms with van der Waals surface area (Å²) in [6, 6.07) is 11.7. The van der Waals surface area contributed by atoms with Crippen LogP contribution in [0.3, 0.4) is 0 Å². The molecular formula is C19H20FNO3. The van der Waals surface area contributed by atoms with Crippen LogP contribution < -0.4 is 5.32 Å². The van der Waals surface area contributed by atoms with Crippen molar-refractivity contribution >= 4 is 11.9 Å². The Bertz CT molecular complexity index is 750. The number of hydrogen-bond donors (Lipinski definition) is 2. The summed E-state index contributed by atoms with van der Waals surface area (Å²) in [5.74, 6) is -1.80. The fourth-order valence-electron chi connectivity index (χ4n) is 2.54. The molecule has 0 saturated carbocycles. The monoisotopic (exact) mass is 329 g/mol. The molecule has 0 spiro atoms. The predicted octanol–water partition coefficient (Wildman–Crippen LogP) is 3.21. The van der Waals surface area contributed by atoms with E-state index in [2.05, 4.69) is 5.32 Å². The minimum atomic E-state index is -1.25. The molecule has 2 aromatic carbocycles. The lowest BCUT2D eigenvalue weighted by molar-refractivity contribution is -0.142. The number of carbonyl (C=O) groups is 2. The van der Waals surface area contributed by atoms with Gasteiger partial charge in [-0.1, -0.05) is 30.3 Å². The average Bonchev–Trinajstić information content (AvgIpc) is 2.57. The first-order chi connectivity index (χ1) is 11.3. The Labute approximate surface area is 140 Å². The second-order valence-corrected chi connectivity index (χ2v) is 6.11. The van der Waals surface area contributed by atoms with Crippen LogP contribution in [0.1, 0.15) is 34.0 Å². The Morgan fingerprint density at radius 3 is 2.17 bits per heavy atom. The smallest absolute Gasteiger partial charge is 0.315 e. The van der Waals surface area contributed by atoms with Crippen LogP contribution in [-0.4, -0.2) is 23.5 Å². The first-order valence-corrected chi connectivity index (χ1v) is 7.59. The summed E-state index contributed by atoms with van der Waals surface area (Å²) in [6.07, 6.45) is 0. The molecule has 4 nitrogen and oxygen atoms in total. The van der Waals surface area contributed by atoms with Gasteiger partial charge in [-0.3, -0.25) is 9.59 Å². The van der Waals surface area contributed by atoms with Crippen molar-refractivity contribution in [3.8, 4) is 0 Å².